The van der Waals surface area contributed by atoms with Gasteiger partial charge >= 0.3 is 5.97 Å². The summed E-state index contributed by atoms with van der Waals surface area (Å²) in [5.41, 5.74) is 2.04. The first-order valence-corrected chi connectivity index (χ1v) is 7.71. The van der Waals surface area contributed by atoms with Crippen LogP contribution >= 0.6 is 0 Å². The van der Waals surface area contributed by atoms with Gasteiger partial charge in [0.05, 0.1) is 17.2 Å². The van der Waals surface area contributed by atoms with Crippen molar-refractivity contribution in [3.05, 3.63) is 23.5 Å². The Hall–Kier alpha value is -2.44. The number of amides is 1. The summed E-state index contributed by atoms with van der Waals surface area (Å²) in [5, 5.41) is 14.3. The molecule has 1 fully saturated rings. The number of aromatic nitrogens is 3. The molecule has 1 aliphatic rings. The van der Waals surface area contributed by atoms with Gasteiger partial charge in [-0.25, -0.2) is 4.98 Å². The van der Waals surface area contributed by atoms with Gasteiger partial charge in [-0.15, -0.1) is 0 Å². The van der Waals surface area contributed by atoms with Crippen LogP contribution in [-0.4, -0.2) is 49.2 Å². The lowest BCUT2D eigenvalue weighted by atomic mass is 10.1. The summed E-state index contributed by atoms with van der Waals surface area (Å²) in [6.45, 7) is 3.73. The highest BCUT2D eigenvalue weighted by Gasteiger charge is 2.35. The van der Waals surface area contributed by atoms with E-state index < -0.39 is 11.9 Å². The fourth-order valence-corrected chi connectivity index (χ4v) is 2.75. The van der Waals surface area contributed by atoms with Gasteiger partial charge in [-0.05, 0) is 25.8 Å². The quantitative estimate of drug-likeness (QED) is 0.905. The zero-order valence-corrected chi connectivity index (χ0v) is 13.5. The lowest BCUT2D eigenvalue weighted by Crippen LogP contribution is -2.38. The summed E-state index contributed by atoms with van der Waals surface area (Å²) in [4.78, 5) is 29.9. The van der Waals surface area contributed by atoms with Gasteiger partial charge in [-0.1, -0.05) is 6.92 Å². The third-order valence-electron chi connectivity index (χ3n) is 4.25. The van der Waals surface area contributed by atoms with Crippen LogP contribution in [0.4, 0.5) is 0 Å². The Kier molecular flexibility index (Phi) is 3.79. The van der Waals surface area contributed by atoms with E-state index >= 15 is 0 Å². The maximum absolute atomic E-state index is 12.8. The summed E-state index contributed by atoms with van der Waals surface area (Å²) in [6, 6.07) is 1.95. The molecule has 0 radical (unpaired) electrons. The fourth-order valence-electron chi connectivity index (χ4n) is 2.75. The second kappa shape index (κ2) is 5.64. The molecule has 0 saturated heterocycles. The number of rotatable bonds is 5. The van der Waals surface area contributed by atoms with Crippen molar-refractivity contribution in [2.45, 2.75) is 32.7 Å². The number of carbonyl (C=O) groups excluding carboxylic acids is 1. The minimum Gasteiger partial charge on any atom is -0.481 e. The number of carboxylic acids is 1. The molecule has 7 nitrogen and oxygen atoms in total. The zero-order chi connectivity index (χ0) is 16.7. The van der Waals surface area contributed by atoms with Crippen LogP contribution in [0, 0.1) is 12.8 Å². The molecule has 0 aliphatic heterocycles. The average Bonchev–Trinajstić information content (AvgIpc) is 3.31. The lowest BCUT2D eigenvalue weighted by Gasteiger charge is -2.24. The summed E-state index contributed by atoms with van der Waals surface area (Å²) in [5.74, 6) is -1.63. The number of carbonyl (C=O) groups is 2. The van der Waals surface area contributed by atoms with E-state index in [-0.39, 0.29) is 18.5 Å². The van der Waals surface area contributed by atoms with Gasteiger partial charge in [0.25, 0.3) is 5.91 Å². The maximum Gasteiger partial charge on any atom is 0.308 e. The highest BCUT2D eigenvalue weighted by Crippen LogP contribution is 2.29. The zero-order valence-electron chi connectivity index (χ0n) is 13.5. The van der Waals surface area contributed by atoms with Crippen molar-refractivity contribution in [1.29, 1.82) is 0 Å². The second-order valence-electron chi connectivity index (χ2n) is 6.23. The Morgan fingerprint density at radius 3 is 2.78 bits per heavy atom. The van der Waals surface area contributed by atoms with Gasteiger partial charge < -0.3 is 10.0 Å². The van der Waals surface area contributed by atoms with Crippen LogP contribution in [0.1, 0.15) is 35.8 Å². The minimum atomic E-state index is -0.889. The molecule has 3 rings (SSSR count). The monoisotopic (exact) mass is 316 g/mol. The number of nitrogens with zero attached hydrogens (tertiary/aromatic N) is 4. The number of aryl methyl sites for hydroxylation is 2. The van der Waals surface area contributed by atoms with Crippen molar-refractivity contribution in [1.82, 2.24) is 19.7 Å². The third kappa shape index (κ3) is 2.91. The molecule has 2 aromatic heterocycles. The highest BCUT2D eigenvalue weighted by molar-refractivity contribution is 5.97. The first-order valence-electron chi connectivity index (χ1n) is 7.71. The largest absolute Gasteiger partial charge is 0.481 e. The molecule has 1 amide bonds. The van der Waals surface area contributed by atoms with Crippen LogP contribution in [0.5, 0.6) is 0 Å². The van der Waals surface area contributed by atoms with Gasteiger partial charge in [0.2, 0.25) is 0 Å². The smallest absolute Gasteiger partial charge is 0.308 e. The molecule has 0 bridgehead atoms. The first-order chi connectivity index (χ1) is 10.9. The molecular formula is C16H20N4O3. The number of fused-ring (bicyclic) bond motifs is 1. The van der Waals surface area contributed by atoms with Crippen LogP contribution < -0.4 is 0 Å². The SMILES string of the molecule is Cc1nn(C)c2ncc(C(=O)N(CC(C)C(=O)O)C3CC3)cc12. The van der Waals surface area contributed by atoms with Crippen molar-refractivity contribution in [2.75, 3.05) is 6.54 Å². The van der Waals surface area contributed by atoms with Crippen molar-refractivity contribution in [3.63, 3.8) is 0 Å². The van der Waals surface area contributed by atoms with E-state index in [0.717, 1.165) is 29.6 Å². The molecule has 1 N–H and O–H groups in total. The van der Waals surface area contributed by atoms with Gasteiger partial charge in [0.1, 0.15) is 0 Å². The fraction of sp³-hybridized carbons (Fsp3) is 0.500. The van der Waals surface area contributed by atoms with E-state index in [1.807, 2.05) is 14.0 Å². The normalized spacial score (nSPS) is 15.6. The Labute approximate surface area is 133 Å². The van der Waals surface area contributed by atoms with Gasteiger partial charge in [0, 0.05) is 31.2 Å². The molecule has 0 aromatic carbocycles. The number of hydrogen-bond donors (Lipinski definition) is 1. The molecule has 23 heavy (non-hydrogen) atoms. The number of pyridine rings is 1. The van der Waals surface area contributed by atoms with Crippen LogP contribution in [-0.2, 0) is 11.8 Å². The molecule has 1 atom stereocenters. The molecule has 7 heteroatoms. The summed E-state index contributed by atoms with van der Waals surface area (Å²) in [7, 11) is 1.81. The third-order valence-corrected chi connectivity index (χ3v) is 4.25. The van der Waals surface area contributed by atoms with Gasteiger partial charge in [-0.3, -0.25) is 14.3 Å². The molecule has 1 saturated carbocycles. The van der Waals surface area contributed by atoms with Crippen molar-refractivity contribution >= 4 is 22.9 Å². The Bertz CT molecular complexity index is 779. The summed E-state index contributed by atoms with van der Waals surface area (Å²) >= 11 is 0. The first kappa shape index (κ1) is 15.5. The van der Waals surface area contributed by atoms with E-state index in [0.29, 0.717) is 5.56 Å². The van der Waals surface area contributed by atoms with Crippen LogP contribution in [0.25, 0.3) is 11.0 Å². The van der Waals surface area contributed by atoms with E-state index in [9.17, 15) is 9.59 Å². The van der Waals surface area contributed by atoms with E-state index in [1.54, 1.807) is 28.8 Å². The molecule has 2 heterocycles. The molecule has 122 valence electrons. The standard InChI is InChI=1S/C16H20N4O3/c1-9(16(22)23)8-20(12-4-5-12)15(21)11-6-13-10(2)18-19(3)14(13)17-7-11/h6-7,9,12H,4-5,8H2,1-3H3,(H,22,23). The predicted molar refractivity (Wildman–Crippen MR) is 84.1 cm³/mol. The Balaban J connectivity index is 1.90. The maximum atomic E-state index is 12.8. The van der Waals surface area contributed by atoms with Crippen molar-refractivity contribution < 1.29 is 14.7 Å². The van der Waals surface area contributed by atoms with Crippen LogP contribution in [0.15, 0.2) is 12.3 Å². The van der Waals surface area contributed by atoms with Crippen molar-refractivity contribution in [2.24, 2.45) is 13.0 Å². The predicted octanol–water partition coefficient (Wildman–Crippen LogP) is 1.60. The molecular weight excluding hydrogens is 296 g/mol. The lowest BCUT2D eigenvalue weighted by molar-refractivity contribution is -0.141. The van der Waals surface area contributed by atoms with Crippen molar-refractivity contribution in [3.8, 4) is 0 Å². The second-order valence-corrected chi connectivity index (χ2v) is 6.23. The number of carboxylic acid groups (broad SMARTS) is 1. The highest BCUT2D eigenvalue weighted by atomic mass is 16.4. The average molecular weight is 316 g/mol. The molecule has 0 spiro atoms. The van der Waals surface area contributed by atoms with E-state index in [1.165, 1.54) is 0 Å². The van der Waals surface area contributed by atoms with Crippen LogP contribution in [0.3, 0.4) is 0 Å². The summed E-state index contributed by atoms with van der Waals surface area (Å²) < 4.78 is 1.68. The Morgan fingerprint density at radius 1 is 1.48 bits per heavy atom. The topological polar surface area (TPSA) is 88.3 Å². The van der Waals surface area contributed by atoms with E-state index in [4.69, 9.17) is 5.11 Å². The number of aliphatic carboxylic acids is 1. The van der Waals surface area contributed by atoms with Gasteiger partial charge in [0.15, 0.2) is 5.65 Å². The van der Waals surface area contributed by atoms with E-state index in [2.05, 4.69) is 10.1 Å². The Morgan fingerprint density at radius 2 is 2.17 bits per heavy atom. The molecule has 1 unspecified atom stereocenters. The minimum absolute atomic E-state index is 0.148. The molecule has 2 aromatic rings. The summed E-state index contributed by atoms with van der Waals surface area (Å²) in [6.07, 6.45) is 3.41. The van der Waals surface area contributed by atoms with Gasteiger partial charge in [-0.2, -0.15) is 5.10 Å². The van der Waals surface area contributed by atoms with Crippen LogP contribution in [0.2, 0.25) is 0 Å². The number of hydrogen-bond acceptors (Lipinski definition) is 4. The molecule has 1 aliphatic carbocycles.